The van der Waals surface area contributed by atoms with E-state index in [0.29, 0.717) is 24.3 Å². The van der Waals surface area contributed by atoms with Crippen molar-refractivity contribution in [1.82, 2.24) is 0 Å². The molecule has 1 aromatic rings. The molecule has 0 radical (unpaired) electrons. The Bertz CT molecular complexity index is 542. The Morgan fingerprint density at radius 2 is 1.71 bits per heavy atom. The fourth-order valence-electron chi connectivity index (χ4n) is 4.20. The van der Waals surface area contributed by atoms with Crippen molar-refractivity contribution in [3.63, 3.8) is 0 Å². The third kappa shape index (κ3) is 3.86. The lowest BCUT2D eigenvalue weighted by Crippen LogP contribution is -3.00. The fourth-order valence-corrected chi connectivity index (χ4v) is 4.20. The summed E-state index contributed by atoms with van der Waals surface area (Å²) in [6.45, 7) is 2.57. The number of hydrogen-bond acceptors (Lipinski definition) is 3. The molecule has 2 aliphatic rings. The molecular formula is C19H28ClNO3. The van der Waals surface area contributed by atoms with Gasteiger partial charge in [-0.15, -0.1) is 0 Å². The van der Waals surface area contributed by atoms with Crippen molar-refractivity contribution < 1.29 is 31.2 Å². The van der Waals surface area contributed by atoms with Crippen molar-refractivity contribution in [3.05, 3.63) is 29.8 Å². The van der Waals surface area contributed by atoms with Gasteiger partial charge in [-0.25, -0.2) is 4.79 Å². The SMILES string of the molecule is CCOc1ccc(C(=O)OC2CC3CCCC(C2)[N+]3(C)C)cc1.[Cl-]. The van der Waals surface area contributed by atoms with E-state index in [0.717, 1.165) is 23.1 Å². The van der Waals surface area contributed by atoms with Crippen LogP contribution in [0.2, 0.25) is 0 Å². The summed E-state index contributed by atoms with van der Waals surface area (Å²) in [7, 11) is 4.66. The topological polar surface area (TPSA) is 35.5 Å². The molecule has 0 amide bonds. The molecule has 4 nitrogen and oxygen atoms in total. The van der Waals surface area contributed by atoms with E-state index in [2.05, 4.69) is 14.1 Å². The Morgan fingerprint density at radius 1 is 1.12 bits per heavy atom. The predicted molar refractivity (Wildman–Crippen MR) is 89.6 cm³/mol. The molecule has 0 aromatic heterocycles. The maximum atomic E-state index is 12.4. The van der Waals surface area contributed by atoms with Gasteiger partial charge in [0.1, 0.15) is 11.9 Å². The van der Waals surface area contributed by atoms with Gasteiger partial charge in [0.15, 0.2) is 0 Å². The first kappa shape index (κ1) is 19.1. The van der Waals surface area contributed by atoms with Crippen LogP contribution in [0.4, 0.5) is 0 Å². The van der Waals surface area contributed by atoms with Crippen LogP contribution in [-0.2, 0) is 4.74 Å². The number of esters is 1. The molecular weight excluding hydrogens is 326 g/mol. The zero-order chi connectivity index (χ0) is 16.4. The number of hydrogen-bond donors (Lipinski definition) is 0. The van der Waals surface area contributed by atoms with Crippen molar-refractivity contribution in [1.29, 1.82) is 0 Å². The molecule has 0 spiro atoms. The molecule has 2 unspecified atom stereocenters. The Morgan fingerprint density at radius 3 is 2.25 bits per heavy atom. The summed E-state index contributed by atoms with van der Waals surface area (Å²) in [4.78, 5) is 12.4. The molecule has 3 rings (SSSR count). The number of nitrogens with zero attached hydrogens (tertiary/aromatic N) is 1. The van der Waals surface area contributed by atoms with Gasteiger partial charge in [0.05, 0.1) is 38.3 Å². The highest BCUT2D eigenvalue weighted by molar-refractivity contribution is 5.89. The van der Waals surface area contributed by atoms with Crippen LogP contribution in [-0.4, -0.2) is 49.3 Å². The van der Waals surface area contributed by atoms with Gasteiger partial charge in [-0.3, -0.25) is 0 Å². The van der Waals surface area contributed by atoms with Crippen LogP contribution in [0.5, 0.6) is 5.75 Å². The summed E-state index contributed by atoms with van der Waals surface area (Å²) in [6, 6.07) is 8.49. The standard InChI is InChI=1S/C19H28NO3.ClH/c1-4-22-17-10-8-14(9-11-17)19(21)23-18-12-15-6-5-7-16(13-18)20(15,2)3;/h8-11,15-16,18H,4-7,12-13H2,1-3H3;1H/q+1;/p-1. The summed E-state index contributed by atoms with van der Waals surface area (Å²) in [5, 5.41) is 0. The zero-order valence-electron chi connectivity index (χ0n) is 14.8. The third-order valence-corrected chi connectivity index (χ3v) is 5.70. The molecule has 2 saturated heterocycles. The normalized spacial score (nSPS) is 27.7. The van der Waals surface area contributed by atoms with E-state index in [1.807, 2.05) is 19.1 Å². The number of piperidine rings is 2. The van der Waals surface area contributed by atoms with Crippen LogP contribution >= 0.6 is 0 Å². The molecule has 2 atom stereocenters. The van der Waals surface area contributed by atoms with Crippen molar-refractivity contribution in [2.24, 2.45) is 0 Å². The van der Waals surface area contributed by atoms with E-state index in [1.165, 1.54) is 19.3 Å². The Kier molecular flexibility index (Phi) is 6.16. The molecule has 0 saturated carbocycles. The Hall–Kier alpha value is -1.26. The second-order valence-corrected chi connectivity index (χ2v) is 7.32. The third-order valence-electron chi connectivity index (χ3n) is 5.70. The number of carbonyl (C=O) groups excluding carboxylic acids is 1. The van der Waals surface area contributed by atoms with Crippen LogP contribution in [0.15, 0.2) is 24.3 Å². The average molecular weight is 354 g/mol. The minimum absolute atomic E-state index is 0. The van der Waals surface area contributed by atoms with Crippen LogP contribution in [0, 0.1) is 0 Å². The van der Waals surface area contributed by atoms with Gasteiger partial charge >= 0.3 is 5.97 Å². The number of fused-ring (bicyclic) bond motifs is 2. The van der Waals surface area contributed by atoms with Crippen molar-refractivity contribution in [2.75, 3.05) is 20.7 Å². The Balaban J connectivity index is 0.00000208. The molecule has 5 heteroatoms. The molecule has 0 aliphatic carbocycles. The summed E-state index contributed by atoms with van der Waals surface area (Å²) in [5.41, 5.74) is 0.609. The quantitative estimate of drug-likeness (QED) is 0.581. The van der Waals surface area contributed by atoms with E-state index in [1.54, 1.807) is 12.1 Å². The van der Waals surface area contributed by atoms with Crippen molar-refractivity contribution in [2.45, 2.75) is 57.2 Å². The summed E-state index contributed by atoms with van der Waals surface area (Å²) in [5.74, 6) is 0.582. The van der Waals surface area contributed by atoms with Crippen LogP contribution in [0.3, 0.4) is 0 Å². The van der Waals surface area contributed by atoms with Crippen LogP contribution < -0.4 is 17.1 Å². The Labute approximate surface area is 151 Å². The molecule has 2 fully saturated rings. The molecule has 2 aliphatic heterocycles. The number of carbonyl (C=O) groups is 1. The maximum Gasteiger partial charge on any atom is 0.338 e. The second kappa shape index (κ2) is 7.75. The lowest BCUT2D eigenvalue weighted by atomic mass is 9.81. The predicted octanol–water partition coefficient (Wildman–Crippen LogP) is 0.406. The monoisotopic (exact) mass is 353 g/mol. The van der Waals surface area contributed by atoms with Gasteiger partial charge < -0.3 is 26.4 Å². The van der Waals surface area contributed by atoms with Gasteiger partial charge in [-0.1, -0.05) is 0 Å². The lowest BCUT2D eigenvalue weighted by molar-refractivity contribution is -0.950. The first-order valence-corrected chi connectivity index (χ1v) is 8.78. The van der Waals surface area contributed by atoms with Gasteiger partial charge in [-0.2, -0.15) is 0 Å². The molecule has 1 aromatic carbocycles. The molecule has 2 bridgehead atoms. The minimum atomic E-state index is -0.205. The van der Waals surface area contributed by atoms with E-state index in [4.69, 9.17) is 9.47 Å². The molecule has 2 heterocycles. The minimum Gasteiger partial charge on any atom is -1.00 e. The molecule has 24 heavy (non-hydrogen) atoms. The summed E-state index contributed by atoms with van der Waals surface area (Å²) in [6.07, 6.45) is 5.87. The first-order chi connectivity index (χ1) is 11.0. The molecule has 0 N–H and O–H groups in total. The van der Waals surface area contributed by atoms with E-state index < -0.39 is 0 Å². The second-order valence-electron chi connectivity index (χ2n) is 7.32. The maximum absolute atomic E-state index is 12.4. The van der Waals surface area contributed by atoms with E-state index in [9.17, 15) is 4.79 Å². The largest absolute Gasteiger partial charge is 1.00 e. The average Bonchev–Trinajstić information content (AvgIpc) is 2.49. The number of rotatable bonds is 4. The van der Waals surface area contributed by atoms with Gasteiger partial charge in [0.2, 0.25) is 0 Å². The lowest BCUT2D eigenvalue weighted by Gasteiger charge is -2.52. The van der Waals surface area contributed by atoms with Crippen molar-refractivity contribution in [3.8, 4) is 5.75 Å². The van der Waals surface area contributed by atoms with Gasteiger partial charge in [0.25, 0.3) is 0 Å². The summed E-state index contributed by atoms with van der Waals surface area (Å²) < 4.78 is 12.3. The first-order valence-electron chi connectivity index (χ1n) is 8.78. The highest BCUT2D eigenvalue weighted by Gasteiger charge is 2.47. The highest BCUT2D eigenvalue weighted by Crippen LogP contribution is 2.38. The smallest absolute Gasteiger partial charge is 0.338 e. The van der Waals surface area contributed by atoms with E-state index in [-0.39, 0.29) is 24.5 Å². The zero-order valence-corrected chi connectivity index (χ0v) is 15.6. The number of halogens is 1. The highest BCUT2D eigenvalue weighted by atomic mass is 35.5. The summed E-state index contributed by atoms with van der Waals surface area (Å²) >= 11 is 0. The van der Waals surface area contributed by atoms with Crippen LogP contribution in [0.25, 0.3) is 0 Å². The van der Waals surface area contributed by atoms with Gasteiger partial charge in [-0.05, 0) is 50.5 Å². The number of benzene rings is 1. The molecule has 134 valence electrons. The number of quaternary nitrogens is 1. The van der Waals surface area contributed by atoms with Crippen molar-refractivity contribution >= 4 is 5.97 Å². The van der Waals surface area contributed by atoms with Gasteiger partial charge in [0, 0.05) is 12.8 Å². The van der Waals surface area contributed by atoms with E-state index >= 15 is 0 Å². The van der Waals surface area contributed by atoms with Crippen LogP contribution in [0.1, 0.15) is 49.4 Å². The number of ether oxygens (including phenoxy) is 2. The fraction of sp³-hybridized carbons (Fsp3) is 0.632.